The average molecular weight is 253 g/mol. The van der Waals surface area contributed by atoms with E-state index in [2.05, 4.69) is 10.1 Å². The molecular formula is C12H19N3O3. The van der Waals surface area contributed by atoms with Crippen LogP contribution in [-0.2, 0) is 16.1 Å². The third-order valence-corrected chi connectivity index (χ3v) is 2.88. The Bertz CT molecular complexity index is 401. The Morgan fingerprint density at radius 3 is 3.00 bits per heavy atom. The highest BCUT2D eigenvalue weighted by Crippen LogP contribution is 2.38. The van der Waals surface area contributed by atoms with Gasteiger partial charge in [-0.25, -0.2) is 0 Å². The molecule has 0 N–H and O–H groups in total. The predicted molar refractivity (Wildman–Crippen MR) is 63.9 cm³/mol. The highest BCUT2D eigenvalue weighted by atomic mass is 16.5. The highest BCUT2D eigenvalue weighted by Gasteiger charge is 2.29. The summed E-state index contributed by atoms with van der Waals surface area (Å²) in [5.74, 6) is 1.76. The summed E-state index contributed by atoms with van der Waals surface area (Å²) in [6, 6.07) is 0. The van der Waals surface area contributed by atoms with E-state index in [4.69, 9.17) is 9.26 Å². The Hall–Kier alpha value is -1.43. The van der Waals surface area contributed by atoms with Crippen LogP contribution in [0.1, 0.15) is 43.8 Å². The van der Waals surface area contributed by atoms with Crippen LogP contribution in [0.5, 0.6) is 0 Å². The molecule has 0 aromatic carbocycles. The van der Waals surface area contributed by atoms with Crippen LogP contribution in [0.3, 0.4) is 0 Å². The summed E-state index contributed by atoms with van der Waals surface area (Å²) < 4.78 is 10.3. The molecule has 0 aliphatic heterocycles. The van der Waals surface area contributed by atoms with Crippen LogP contribution in [0.15, 0.2) is 4.52 Å². The number of amides is 1. The number of aromatic nitrogens is 2. The summed E-state index contributed by atoms with van der Waals surface area (Å²) in [4.78, 5) is 17.6. The molecule has 0 bridgehead atoms. The molecule has 0 unspecified atom stereocenters. The molecule has 1 aliphatic rings. The molecule has 1 amide bonds. The summed E-state index contributed by atoms with van der Waals surface area (Å²) in [5.41, 5.74) is 0. The monoisotopic (exact) mass is 253 g/mol. The van der Waals surface area contributed by atoms with Crippen molar-refractivity contribution in [2.24, 2.45) is 0 Å². The number of rotatable bonds is 7. The predicted octanol–water partition coefficient (Wildman–Crippen LogP) is 1.33. The van der Waals surface area contributed by atoms with Crippen LogP contribution >= 0.6 is 0 Å². The van der Waals surface area contributed by atoms with E-state index in [9.17, 15) is 4.79 Å². The number of ether oxygens (including phenoxy) is 1. The lowest BCUT2D eigenvalue weighted by atomic mass is 10.4. The molecule has 1 heterocycles. The van der Waals surface area contributed by atoms with Gasteiger partial charge in [0.05, 0.1) is 19.6 Å². The molecule has 1 saturated carbocycles. The topological polar surface area (TPSA) is 68.5 Å². The fraction of sp³-hybridized carbons (Fsp3) is 0.750. The van der Waals surface area contributed by atoms with Crippen molar-refractivity contribution in [3.05, 3.63) is 11.7 Å². The quantitative estimate of drug-likeness (QED) is 0.686. The first kappa shape index (κ1) is 13.0. The van der Waals surface area contributed by atoms with Crippen LogP contribution < -0.4 is 0 Å². The van der Waals surface area contributed by atoms with E-state index in [-0.39, 0.29) is 5.91 Å². The average Bonchev–Trinajstić information content (AvgIpc) is 3.11. The lowest BCUT2D eigenvalue weighted by Gasteiger charge is -2.14. The van der Waals surface area contributed by atoms with Crippen molar-refractivity contribution in [2.75, 3.05) is 20.3 Å². The van der Waals surface area contributed by atoms with Gasteiger partial charge in [0, 0.05) is 19.6 Å². The molecule has 1 aromatic heterocycles. The van der Waals surface area contributed by atoms with Crippen molar-refractivity contribution < 1.29 is 14.1 Å². The second-order valence-electron chi connectivity index (χ2n) is 4.52. The molecule has 1 aromatic rings. The molecule has 0 spiro atoms. The smallest absolute Gasteiger partial charge is 0.229 e. The molecule has 0 atom stereocenters. The zero-order valence-electron chi connectivity index (χ0n) is 10.9. The first-order valence-electron chi connectivity index (χ1n) is 6.35. The summed E-state index contributed by atoms with van der Waals surface area (Å²) in [6.45, 7) is 3.39. The number of carbonyl (C=O) groups is 1. The number of nitrogens with zero attached hydrogens (tertiary/aromatic N) is 3. The molecule has 18 heavy (non-hydrogen) atoms. The van der Waals surface area contributed by atoms with Crippen molar-refractivity contribution in [1.29, 1.82) is 0 Å². The summed E-state index contributed by atoms with van der Waals surface area (Å²) in [5, 5.41) is 3.89. The van der Waals surface area contributed by atoms with E-state index in [0.717, 1.165) is 12.8 Å². The van der Waals surface area contributed by atoms with E-state index >= 15 is 0 Å². The molecule has 1 aliphatic carbocycles. The van der Waals surface area contributed by atoms with Gasteiger partial charge in [-0.05, 0) is 19.8 Å². The minimum atomic E-state index is 0.0289. The maximum absolute atomic E-state index is 11.7. The van der Waals surface area contributed by atoms with Crippen LogP contribution in [0, 0.1) is 0 Å². The standard InChI is InChI=1S/C12H19N3O3/c1-3-17-7-6-11(16)15(2)8-10-13-12(18-14-10)9-4-5-9/h9H,3-8H2,1-2H3. The van der Waals surface area contributed by atoms with Crippen LogP contribution in [-0.4, -0.2) is 41.2 Å². The van der Waals surface area contributed by atoms with E-state index in [1.807, 2.05) is 6.92 Å². The second-order valence-corrected chi connectivity index (χ2v) is 4.52. The van der Waals surface area contributed by atoms with E-state index in [1.165, 1.54) is 0 Å². The third-order valence-electron chi connectivity index (χ3n) is 2.88. The zero-order valence-corrected chi connectivity index (χ0v) is 10.9. The van der Waals surface area contributed by atoms with E-state index in [1.54, 1.807) is 11.9 Å². The Morgan fingerprint density at radius 2 is 2.33 bits per heavy atom. The molecule has 0 radical (unpaired) electrons. The van der Waals surface area contributed by atoms with Crippen LogP contribution in [0.25, 0.3) is 0 Å². The van der Waals surface area contributed by atoms with Gasteiger partial charge in [0.25, 0.3) is 0 Å². The minimum absolute atomic E-state index is 0.0289. The van der Waals surface area contributed by atoms with Gasteiger partial charge in [0.2, 0.25) is 11.8 Å². The number of hydrogen-bond donors (Lipinski definition) is 0. The maximum Gasteiger partial charge on any atom is 0.229 e. The van der Waals surface area contributed by atoms with Crippen LogP contribution in [0.2, 0.25) is 0 Å². The Morgan fingerprint density at radius 1 is 1.56 bits per heavy atom. The lowest BCUT2D eigenvalue weighted by molar-refractivity contribution is -0.131. The van der Waals surface area contributed by atoms with Crippen molar-refractivity contribution >= 4 is 5.91 Å². The molecule has 6 heteroatoms. The summed E-state index contributed by atoms with van der Waals surface area (Å²) >= 11 is 0. The summed E-state index contributed by atoms with van der Waals surface area (Å²) in [6.07, 6.45) is 2.65. The SMILES string of the molecule is CCOCCC(=O)N(C)Cc1noc(C2CC2)n1. The van der Waals surface area contributed by atoms with Gasteiger partial charge >= 0.3 is 0 Å². The Balaban J connectivity index is 1.78. The Kier molecular flexibility index (Phi) is 4.30. The van der Waals surface area contributed by atoms with Crippen molar-refractivity contribution in [3.63, 3.8) is 0 Å². The van der Waals surface area contributed by atoms with Crippen molar-refractivity contribution in [1.82, 2.24) is 15.0 Å². The lowest BCUT2D eigenvalue weighted by Crippen LogP contribution is -2.27. The van der Waals surface area contributed by atoms with E-state index < -0.39 is 0 Å². The highest BCUT2D eigenvalue weighted by molar-refractivity contribution is 5.75. The molecule has 0 saturated heterocycles. The fourth-order valence-corrected chi connectivity index (χ4v) is 1.62. The first-order valence-corrected chi connectivity index (χ1v) is 6.35. The minimum Gasteiger partial charge on any atom is -0.381 e. The van der Waals surface area contributed by atoms with Crippen molar-refractivity contribution in [3.8, 4) is 0 Å². The third kappa shape index (κ3) is 3.53. The molecular weight excluding hydrogens is 234 g/mol. The van der Waals surface area contributed by atoms with Gasteiger partial charge < -0.3 is 14.2 Å². The zero-order chi connectivity index (χ0) is 13.0. The van der Waals surface area contributed by atoms with Gasteiger partial charge in [-0.1, -0.05) is 5.16 Å². The van der Waals surface area contributed by atoms with Gasteiger partial charge in [0.15, 0.2) is 5.82 Å². The van der Waals surface area contributed by atoms with Gasteiger partial charge in [-0.2, -0.15) is 4.98 Å². The second kappa shape index (κ2) is 5.95. The summed E-state index contributed by atoms with van der Waals surface area (Å²) in [7, 11) is 1.74. The molecule has 100 valence electrons. The molecule has 2 rings (SSSR count). The number of hydrogen-bond acceptors (Lipinski definition) is 5. The molecule has 1 fully saturated rings. The largest absolute Gasteiger partial charge is 0.381 e. The molecule has 6 nitrogen and oxygen atoms in total. The van der Waals surface area contributed by atoms with E-state index in [0.29, 0.717) is 43.8 Å². The Labute approximate surface area is 106 Å². The maximum atomic E-state index is 11.7. The van der Waals surface area contributed by atoms with Gasteiger partial charge in [0.1, 0.15) is 0 Å². The van der Waals surface area contributed by atoms with Crippen molar-refractivity contribution in [2.45, 2.75) is 38.6 Å². The van der Waals surface area contributed by atoms with Crippen LogP contribution in [0.4, 0.5) is 0 Å². The normalized spacial score (nSPS) is 14.8. The van der Waals surface area contributed by atoms with Gasteiger partial charge in [-0.15, -0.1) is 0 Å². The van der Waals surface area contributed by atoms with Gasteiger partial charge in [-0.3, -0.25) is 4.79 Å². The fourth-order valence-electron chi connectivity index (χ4n) is 1.62. The number of carbonyl (C=O) groups excluding carboxylic acids is 1. The first-order chi connectivity index (χ1) is 8.70.